The van der Waals surface area contributed by atoms with Crippen LogP contribution in [0.2, 0.25) is 0 Å². The summed E-state index contributed by atoms with van der Waals surface area (Å²) in [4.78, 5) is 0. The van der Waals surface area contributed by atoms with E-state index in [4.69, 9.17) is 4.42 Å². The van der Waals surface area contributed by atoms with Crippen LogP contribution in [0.4, 0.5) is 0 Å². The van der Waals surface area contributed by atoms with Crippen molar-refractivity contribution >= 4 is 17.0 Å². The first-order valence-electron chi connectivity index (χ1n) is 4.54. The van der Waals surface area contributed by atoms with Crippen molar-refractivity contribution in [1.82, 2.24) is 0 Å². The minimum Gasteiger partial charge on any atom is -0.464 e. The van der Waals surface area contributed by atoms with Crippen LogP contribution in [-0.2, 0) is 0 Å². The first-order valence-corrected chi connectivity index (χ1v) is 4.54. The highest BCUT2D eigenvalue weighted by Crippen LogP contribution is 2.17. The fourth-order valence-electron chi connectivity index (χ4n) is 1.33. The summed E-state index contributed by atoms with van der Waals surface area (Å²) in [5, 5.41) is 1.16. The summed E-state index contributed by atoms with van der Waals surface area (Å²) in [6.07, 6.45) is 7.04. The van der Waals surface area contributed by atoms with Crippen LogP contribution >= 0.6 is 0 Å². The number of hydrogen-bond acceptors (Lipinski definition) is 1. The van der Waals surface area contributed by atoms with Crippen LogP contribution in [-0.4, -0.2) is 0 Å². The molecule has 0 radical (unpaired) electrons. The Morgan fingerprint density at radius 1 is 1.31 bits per heavy atom. The van der Waals surface area contributed by atoms with Gasteiger partial charge >= 0.3 is 0 Å². The van der Waals surface area contributed by atoms with Gasteiger partial charge < -0.3 is 4.42 Å². The van der Waals surface area contributed by atoms with Crippen LogP contribution < -0.4 is 0 Å². The van der Waals surface area contributed by atoms with E-state index in [0.717, 1.165) is 17.4 Å². The number of benzene rings is 1. The molecular formula is C12H12O. The summed E-state index contributed by atoms with van der Waals surface area (Å²) in [5.74, 6) is 0. The molecule has 1 aromatic heterocycles. The largest absolute Gasteiger partial charge is 0.464 e. The minimum absolute atomic E-state index is 0.957. The van der Waals surface area contributed by atoms with E-state index in [1.165, 1.54) is 5.56 Å². The summed E-state index contributed by atoms with van der Waals surface area (Å²) in [6, 6.07) is 8.21. The Morgan fingerprint density at radius 2 is 2.23 bits per heavy atom. The van der Waals surface area contributed by atoms with Gasteiger partial charge in [0.2, 0.25) is 0 Å². The predicted molar refractivity (Wildman–Crippen MR) is 55.5 cm³/mol. The lowest BCUT2D eigenvalue weighted by Gasteiger charge is -1.92. The SMILES string of the molecule is CCC=Cc1ccc2ccoc2c1. The third kappa shape index (κ3) is 1.64. The topological polar surface area (TPSA) is 13.1 Å². The van der Waals surface area contributed by atoms with Gasteiger partial charge in [-0.15, -0.1) is 0 Å². The van der Waals surface area contributed by atoms with Crippen LogP contribution in [0.15, 0.2) is 41.0 Å². The summed E-state index contributed by atoms with van der Waals surface area (Å²) in [5.41, 5.74) is 2.16. The Balaban J connectivity index is 2.42. The second kappa shape index (κ2) is 3.48. The van der Waals surface area contributed by atoms with Crippen LogP contribution in [0.1, 0.15) is 18.9 Å². The molecule has 2 rings (SSSR count). The minimum atomic E-state index is 0.957. The molecule has 0 saturated carbocycles. The lowest BCUT2D eigenvalue weighted by atomic mass is 10.1. The molecule has 1 nitrogen and oxygen atoms in total. The highest BCUT2D eigenvalue weighted by Gasteiger charge is 1.95. The second-order valence-electron chi connectivity index (χ2n) is 3.03. The molecule has 0 spiro atoms. The van der Waals surface area contributed by atoms with Gasteiger partial charge in [0.05, 0.1) is 6.26 Å². The highest BCUT2D eigenvalue weighted by molar-refractivity contribution is 5.79. The molecule has 0 saturated heterocycles. The Kier molecular flexibility index (Phi) is 2.17. The molecule has 1 heterocycles. The molecule has 2 aromatic rings. The molecule has 0 atom stereocenters. The fourth-order valence-corrected chi connectivity index (χ4v) is 1.33. The molecule has 0 aliphatic rings. The monoisotopic (exact) mass is 172 g/mol. The molecule has 66 valence electrons. The Labute approximate surface area is 77.7 Å². The second-order valence-corrected chi connectivity index (χ2v) is 3.03. The lowest BCUT2D eigenvalue weighted by Crippen LogP contribution is -1.70. The highest BCUT2D eigenvalue weighted by atomic mass is 16.3. The van der Waals surface area contributed by atoms with Crippen molar-refractivity contribution in [3.8, 4) is 0 Å². The third-order valence-corrected chi connectivity index (χ3v) is 2.03. The van der Waals surface area contributed by atoms with E-state index in [9.17, 15) is 0 Å². The average Bonchev–Trinajstić information content (AvgIpc) is 2.61. The molecule has 0 aliphatic heterocycles. The van der Waals surface area contributed by atoms with Crippen molar-refractivity contribution in [3.63, 3.8) is 0 Å². The van der Waals surface area contributed by atoms with E-state index in [1.54, 1.807) is 6.26 Å². The molecular weight excluding hydrogens is 160 g/mol. The average molecular weight is 172 g/mol. The van der Waals surface area contributed by atoms with E-state index < -0.39 is 0 Å². The summed E-state index contributed by atoms with van der Waals surface area (Å²) < 4.78 is 5.30. The smallest absolute Gasteiger partial charge is 0.134 e. The molecule has 0 bridgehead atoms. The van der Waals surface area contributed by atoms with Gasteiger partial charge in [0.25, 0.3) is 0 Å². The van der Waals surface area contributed by atoms with Crippen LogP contribution in [0.3, 0.4) is 0 Å². The zero-order valence-electron chi connectivity index (χ0n) is 7.66. The van der Waals surface area contributed by atoms with Crippen LogP contribution in [0, 0.1) is 0 Å². The standard InChI is InChI=1S/C12H12O/c1-2-3-4-10-5-6-11-7-8-13-12(11)9-10/h3-9H,2H2,1H3. The van der Waals surface area contributed by atoms with Gasteiger partial charge in [0.15, 0.2) is 0 Å². The molecule has 0 amide bonds. The molecule has 0 unspecified atom stereocenters. The van der Waals surface area contributed by atoms with Gasteiger partial charge in [-0.3, -0.25) is 0 Å². The van der Waals surface area contributed by atoms with Gasteiger partial charge in [-0.2, -0.15) is 0 Å². The molecule has 13 heavy (non-hydrogen) atoms. The summed E-state index contributed by atoms with van der Waals surface area (Å²) in [6.45, 7) is 2.13. The number of allylic oxidation sites excluding steroid dienone is 1. The van der Waals surface area contributed by atoms with E-state index in [-0.39, 0.29) is 0 Å². The van der Waals surface area contributed by atoms with Crippen molar-refractivity contribution in [2.24, 2.45) is 0 Å². The first kappa shape index (κ1) is 8.11. The molecule has 0 N–H and O–H groups in total. The van der Waals surface area contributed by atoms with Crippen molar-refractivity contribution in [1.29, 1.82) is 0 Å². The van der Waals surface area contributed by atoms with E-state index in [0.29, 0.717) is 0 Å². The maximum atomic E-state index is 5.30. The Morgan fingerprint density at radius 3 is 3.08 bits per heavy atom. The molecule has 1 aromatic carbocycles. The number of fused-ring (bicyclic) bond motifs is 1. The number of hydrogen-bond donors (Lipinski definition) is 0. The maximum absolute atomic E-state index is 5.30. The third-order valence-electron chi connectivity index (χ3n) is 2.03. The first-order chi connectivity index (χ1) is 6.40. The summed E-state index contributed by atoms with van der Waals surface area (Å²) in [7, 11) is 0. The lowest BCUT2D eigenvalue weighted by molar-refractivity contribution is 0.616. The quantitative estimate of drug-likeness (QED) is 0.670. The van der Waals surface area contributed by atoms with Gasteiger partial charge in [-0.1, -0.05) is 31.2 Å². The van der Waals surface area contributed by atoms with Gasteiger partial charge in [-0.05, 0) is 24.1 Å². The fraction of sp³-hybridized carbons (Fsp3) is 0.167. The number of furan rings is 1. The summed E-state index contributed by atoms with van der Waals surface area (Å²) >= 11 is 0. The maximum Gasteiger partial charge on any atom is 0.134 e. The van der Waals surface area contributed by atoms with E-state index in [2.05, 4.69) is 37.3 Å². The number of rotatable bonds is 2. The Hall–Kier alpha value is -1.50. The molecule has 0 fully saturated rings. The van der Waals surface area contributed by atoms with E-state index >= 15 is 0 Å². The van der Waals surface area contributed by atoms with Gasteiger partial charge in [-0.25, -0.2) is 0 Å². The zero-order valence-corrected chi connectivity index (χ0v) is 7.66. The molecule has 0 aliphatic carbocycles. The zero-order chi connectivity index (χ0) is 9.10. The van der Waals surface area contributed by atoms with Crippen LogP contribution in [0.25, 0.3) is 17.0 Å². The van der Waals surface area contributed by atoms with Crippen molar-refractivity contribution in [2.75, 3.05) is 0 Å². The predicted octanol–water partition coefficient (Wildman–Crippen LogP) is 3.86. The Bertz CT molecular complexity index is 423. The van der Waals surface area contributed by atoms with Crippen molar-refractivity contribution in [3.05, 3.63) is 42.2 Å². The van der Waals surface area contributed by atoms with Crippen molar-refractivity contribution < 1.29 is 4.42 Å². The molecule has 1 heteroatoms. The normalized spacial score (nSPS) is 11.5. The van der Waals surface area contributed by atoms with Gasteiger partial charge in [0.1, 0.15) is 5.58 Å². The van der Waals surface area contributed by atoms with Crippen LogP contribution in [0.5, 0.6) is 0 Å². The van der Waals surface area contributed by atoms with E-state index in [1.807, 2.05) is 6.07 Å². The van der Waals surface area contributed by atoms with Gasteiger partial charge in [0, 0.05) is 5.39 Å². The van der Waals surface area contributed by atoms with Crippen molar-refractivity contribution in [2.45, 2.75) is 13.3 Å².